The number of rotatable bonds is 3. The van der Waals surface area contributed by atoms with E-state index >= 15 is 0 Å². The molecule has 4 N–H and O–H groups in total. The predicted octanol–water partition coefficient (Wildman–Crippen LogP) is 2.92. The first kappa shape index (κ1) is 14.8. The topological polar surface area (TPSA) is 110 Å². The van der Waals surface area contributed by atoms with Crippen LogP contribution in [0.15, 0.2) is 34.7 Å². The third-order valence-corrected chi connectivity index (χ3v) is 2.81. The van der Waals surface area contributed by atoms with Crippen molar-refractivity contribution < 1.29 is 27.4 Å². The normalized spacial score (nSPS) is 11.6. The highest BCUT2D eigenvalue weighted by Crippen LogP contribution is 2.36. The fraction of sp³-hybridized carbons (Fsp3) is 0.0769. The van der Waals surface area contributed by atoms with Crippen molar-refractivity contribution in [2.24, 2.45) is 0 Å². The van der Waals surface area contributed by atoms with Gasteiger partial charge in [0.1, 0.15) is 17.3 Å². The maximum atomic E-state index is 12.3. The van der Waals surface area contributed by atoms with Crippen LogP contribution in [-0.4, -0.2) is 26.7 Å². The van der Waals surface area contributed by atoms with Gasteiger partial charge in [0, 0.05) is 0 Å². The molecule has 0 fully saturated rings. The van der Waals surface area contributed by atoms with Gasteiger partial charge in [0.05, 0.1) is 5.56 Å². The number of hydrogen-bond acceptors (Lipinski definition) is 6. The number of ether oxygens (including phenoxy) is 1. The Kier molecular flexibility index (Phi) is 3.36. The van der Waals surface area contributed by atoms with E-state index in [0.29, 0.717) is 0 Å². The van der Waals surface area contributed by atoms with Crippen LogP contribution in [0, 0.1) is 0 Å². The monoisotopic (exact) mass is 326 g/mol. The van der Waals surface area contributed by atoms with Gasteiger partial charge in [0.15, 0.2) is 11.6 Å². The molecule has 1 aromatic carbocycles. The molecule has 0 unspecified atom stereocenters. The minimum atomic E-state index is -4.83. The van der Waals surface area contributed by atoms with E-state index in [2.05, 4.69) is 19.9 Å². The SMILES string of the molecule is Nc1n[nH]c(-c2ccc(-c3cc(OC(F)(F)F)ccc3O)o2)n1. The van der Waals surface area contributed by atoms with Crippen LogP contribution in [0.25, 0.3) is 22.9 Å². The average Bonchev–Trinajstić information content (AvgIpc) is 3.08. The highest BCUT2D eigenvalue weighted by molar-refractivity contribution is 5.69. The lowest BCUT2D eigenvalue weighted by molar-refractivity contribution is -0.274. The van der Waals surface area contributed by atoms with E-state index < -0.39 is 12.1 Å². The van der Waals surface area contributed by atoms with Crippen LogP contribution in [0.1, 0.15) is 0 Å². The first-order valence-corrected chi connectivity index (χ1v) is 6.19. The van der Waals surface area contributed by atoms with Gasteiger partial charge >= 0.3 is 6.36 Å². The second-order valence-corrected chi connectivity index (χ2v) is 4.43. The maximum absolute atomic E-state index is 12.3. The summed E-state index contributed by atoms with van der Waals surface area (Å²) in [4.78, 5) is 3.86. The Labute approximate surface area is 126 Å². The van der Waals surface area contributed by atoms with Crippen molar-refractivity contribution in [1.29, 1.82) is 0 Å². The minimum absolute atomic E-state index is 0.0152. The van der Waals surface area contributed by atoms with Crippen LogP contribution in [0.4, 0.5) is 19.1 Å². The summed E-state index contributed by atoms with van der Waals surface area (Å²) in [7, 11) is 0. The lowest BCUT2D eigenvalue weighted by Gasteiger charge is -2.10. The van der Waals surface area contributed by atoms with Crippen molar-refractivity contribution in [2.45, 2.75) is 6.36 Å². The molecule has 2 heterocycles. The van der Waals surface area contributed by atoms with Gasteiger partial charge < -0.3 is 20.0 Å². The molecule has 7 nitrogen and oxygen atoms in total. The number of anilines is 1. The summed E-state index contributed by atoms with van der Waals surface area (Å²) in [5.41, 5.74) is 5.41. The predicted molar refractivity (Wildman–Crippen MR) is 72.3 cm³/mol. The number of furan rings is 1. The molecule has 0 spiro atoms. The van der Waals surface area contributed by atoms with Crippen LogP contribution in [0.5, 0.6) is 11.5 Å². The van der Waals surface area contributed by atoms with Crippen molar-refractivity contribution in [2.75, 3.05) is 5.73 Å². The molecule has 23 heavy (non-hydrogen) atoms. The van der Waals surface area contributed by atoms with Crippen molar-refractivity contribution in [1.82, 2.24) is 15.2 Å². The second-order valence-electron chi connectivity index (χ2n) is 4.43. The molecule has 0 bridgehead atoms. The molecule has 0 atom stereocenters. The molecule has 3 rings (SSSR count). The number of phenolic OH excluding ortho intramolecular Hbond substituents is 1. The largest absolute Gasteiger partial charge is 0.573 e. The van der Waals surface area contributed by atoms with Crippen molar-refractivity contribution in [3.8, 4) is 34.4 Å². The lowest BCUT2D eigenvalue weighted by atomic mass is 10.1. The van der Waals surface area contributed by atoms with Crippen LogP contribution < -0.4 is 10.5 Å². The molecular weight excluding hydrogens is 317 g/mol. The maximum Gasteiger partial charge on any atom is 0.573 e. The fourth-order valence-corrected chi connectivity index (χ4v) is 1.90. The number of nitrogens with one attached hydrogen (secondary N) is 1. The van der Waals surface area contributed by atoms with E-state index in [-0.39, 0.29) is 34.6 Å². The number of nitrogens with two attached hydrogens (primary N) is 1. The summed E-state index contributed by atoms with van der Waals surface area (Å²) in [6.07, 6.45) is -4.83. The van der Waals surface area contributed by atoms with Gasteiger partial charge in [0.2, 0.25) is 5.95 Å². The third-order valence-electron chi connectivity index (χ3n) is 2.81. The number of H-pyrrole nitrogens is 1. The Hall–Kier alpha value is -3.17. The summed E-state index contributed by atoms with van der Waals surface area (Å²) in [6.45, 7) is 0. The molecule has 120 valence electrons. The minimum Gasteiger partial charge on any atom is -0.507 e. The lowest BCUT2D eigenvalue weighted by Crippen LogP contribution is -2.17. The number of aromatic amines is 1. The van der Waals surface area contributed by atoms with Gasteiger partial charge in [-0.1, -0.05) is 0 Å². The zero-order chi connectivity index (χ0) is 16.6. The van der Waals surface area contributed by atoms with Crippen LogP contribution >= 0.6 is 0 Å². The molecule has 0 aliphatic heterocycles. The zero-order valence-corrected chi connectivity index (χ0v) is 11.3. The third kappa shape index (κ3) is 3.20. The molecule has 0 radical (unpaired) electrons. The van der Waals surface area contributed by atoms with Gasteiger partial charge in [-0.25, -0.2) is 0 Å². The highest BCUT2D eigenvalue weighted by atomic mass is 19.4. The molecule has 0 amide bonds. The van der Waals surface area contributed by atoms with Crippen molar-refractivity contribution in [3.63, 3.8) is 0 Å². The van der Waals surface area contributed by atoms with Crippen molar-refractivity contribution in [3.05, 3.63) is 30.3 Å². The summed E-state index contributed by atoms with van der Waals surface area (Å²) in [5, 5.41) is 16.0. The van der Waals surface area contributed by atoms with E-state index in [9.17, 15) is 18.3 Å². The first-order valence-electron chi connectivity index (χ1n) is 6.19. The highest BCUT2D eigenvalue weighted by Gasteiger charge is 2.31. The number of benzene rings is 1. The van der Waals surface area contributed by atoms with Gasteiger partial charge in [-0.15, -0.1) is 18.3 Å². The summed E-state index contributed by atoms with van der Waals surface area (Å²) >= 11 is 0. The van der Waals surface area contributed by atoms with Gasteiger partial charge in [-0.2, -0.15) is 4.98 Å². The Balaban J connectivity index is 1.95. The molecule has 2 aromatic heterocycles. The Morgan fingerprint density at radius 2 is 1.91 bits per heavy atom. The van der Waals surface area contributed by atoms with Gasteiger partial charge in [-0.3, -0.25) is 5.10 Å². The summed E-state index contributed by atoms with van der Waals surface area (Å²) in [5.74, 6) is -0.104. The molecule has 10 heteroatoms. The van der Waals surface area contributed by atoms with E-state index in [0.717, 1.165) is 18.2 Å². The Bertz CT molecular complexity index is 841. The number of halogens is 3. The summed E-state index contributed by atoms with van der Waals surface area (Å²) in [6, 6.07) is 6.05. The Morgan fingerprint density at radius 3 is 2.57 bits per heavy atom. The number of alkyl halides is 3. The molecular formula is C13H9F3N4O3. The number of phenols is 1. The molecule has 0 saturated heterocycles. The smallest absolute Gasteiger partial charge is 0.507 e. The average molecular weight is 326 g/mol. The second kappa shape index (κ2) is 5.23. The molecule has 3 aromatic rings. The number of nitrogen functional groups attached to an aromatic ring is 1. The van der Waals surface area contributed by atoms with E-state index in [1.807, 2.05) is 0 Å². The van der Waals surface area contributed by atoms with Crippen LogP contribution in [0.2, 0.25) is 0 Å². The quantitative estimate of drug-likeness (QED) is 0.682. The number of aromatic nitrogens is 3. The number of nitrogens with zero attached hydrogens (tertiary/aromatic N) is 2. The molecule has 0 aliphatic rings. The van der Waals surface area contributed by atoms with Crippen LogP contribution in [-0.2, 0) is 0 Å². The first-order chi connectivity index (χ1) is 10.8. The number of aromatic hydroxyl groups is 1. The summed E-state index contributed by atoms with van der Waals surface area (Å²) < 4.78 is 46.1. The molecule has 0 aliphatic carbocycles. The van der Waals surface area contributed by atoms with Gasteiger partial charge in [-0.05, 0) is 30.3 Å². The van der Waals surface area contributed by atoms with Gasteiger partial charge in [0.25, 0.3) is 0 Å². The standard InChI is InChI=1S/C13H9F3N4O3/c14-13(15,16)23-6-1-2-8(21)7(5-6)9-3-4-10(22-9)11-18-12(17)20-19-11/h1-5,21H,(H3,17,18,19,20). The van der Waals surface area contributed by atoms with E-state index in [1.54, 1.807) is 0 Å². The Morgan fingerprint density at radius 1 is 1.17 bits per heavy atom. The van der Waals surface area contributed by atoms with Crippen molar-refractivity contribution >= 4 is 5.95 Å². The fourth-order valence-electron chi connectivity index (χ4n) is 1.90. The van der Waals surface area contributed by atoms with Crippen LogP contribution in [0.3, 0.4) is 0 Å². The molecule has 0 saturated carbocycles. The number of hydrogen-bond donors (Lipinski definition) is 3. The zero-order valence-electron chi connectivity index (χ0n) is 11.3. The van der Waals surface area contributed by atoms with E-state index in [4.69, 9.17) is 10.2 Å². The van der Waals surface area contributed by atoms with E-state index in [1.165, 1.54) is 12.1 Å².